The number of nitrogens with two attached hydrogens (primary N) is 2. The fraction of sp³-hybridized carbons (Fsp3) is 0.364. The number of carbonyl (C=O) groups is 1. The molecule has 90 valence electrons. The first-order valence-electron chi connectivity index (χ1n) is 4.90. The van der Waals surface area contributed by atoms with Crippen LogP contribution in [0.1, 0.15) is 12.5 Å². The molecule has 0 aliphatic rings. The molecule has 1 rings (SSSR count). The first-order valence-corrected chi connectivity index (χ1v) is 4.90. The van der Waals surface area contributed by atoms with E-state index >= 15 is 0 Å². The summed E-state index contributed by atoms with van der Waals surface area (Å²) in [6, 6.07) is 6.68. The van der Waals surface area contributed by atoms with Gasteiger partial charge in [0.2, 0.25) is 0 Å². The zero-order valence-corrected chi connectivity index (χ0v) is 10.00. The van der Waals surface area contributed by atoms with Crippen LogP contribution in [0.15, 0.2) is 24.3 Å². The molecule has 1 aromatic rings. The highest BCUT2D eigenvalue weighted by molar-refractivity contribution is 5.85. The zero-order valence-electron chi connectivity index (χ0n) is 9.18. The Bertz CT molecular complexity index is 327. The van der Waals surface area contributed by atoms with E-state index in [9.17, 15) is 4.79 Å². The summed E-state index contributed by atoms with van der Waals surface area (Å²) in [5.74, 6) is -0.366. The van der Waals surface area contributed by atoms with Gasteiger partial charge in [-0.25, -0.2) is 0 Å². The molecule has 0 fully saturated rings. The van der Waals surface area contributed by atoms with Crippen molar-refractivity contribution in [3.8, 4) is 0 Å². The van der Waals surface area contributed by atoms with Gasteiger partial charge in [-0.1, -0.05) is 12.1 Å². The summed E-state index contributed by atoms with van der Waals surface area (Å²) in [4.78, 5) is 11.2. The molecule has 0 spiro atoms. The minimum Gasteiger partial charge on any atom is -0.465 e. The van der Waals surface area contributed by atoms with Crippen molar-refractivity contribution >= 4 is 24.1 Å². The van der Waals surface area contributed by atoms with Crippen LogP contribution in [0.5, 0.6) is 0 Å². The maximum Gasteiger partial charge on any atom is 0.323 e. The molecule has 0 bridgehead atoms. The number of hydrogen-bond acceptors (Lipinski definition) is 4. The third-order valence-corrected chi connectivity index (χ3v) is 2.02. The van der Waals surface area contributed by atoms with Crippen molar-refractivity contribution in [2.75, 3.05) is 12.3 Å². The Morgan fingerprint density at radius 1 is 1.38 bits per heavy atom. The van der Waals surface area contributed by atoms with Crippen molar-refractivity contribution in [1.82, 2.24) is 0 Å². The third kappa shape index (κ3) is 4.51. The summed E-state index contributed by atoms with van der Waals surface area (Å²) in [5.41, 5.74) is 12.9. The SMILES string of the molecule is CCOC(=O)C(N)Cc1ccc(N)cc1.Cl. The largest absolute Gasteiger partial charge is 0.465 e. The van der Waals surface area contributed by atoms with Crippen LogP contribution in [0.3, 0.4) is 0 Å². The van der Waals surface area contributed by atoms with E-state index in [4.69, 9.17) is 16.2 Å². The second-order valence-electron chi connectivity index (χ2n) is 3.30. The molecule has 0 aliphatic heterocycles. The van der Waals surface area contributed by atoms with E-state index in [1.54, 1.807) is 19.1 Å². The number of hydrogen-bond donors (Lipinski definition) is 2. The highest BCUT2D eigenvalue weighted by atomic mass is 35.5. The molecule has 1 atom stereocenters. The first-order chi connectivity index (χ1) is 7.13. The van der Waals surface area contributed by atoms with Crippen LogP contribution >= 0.6 is 12.4 Å². The lowest BCUT2D eigenvalue weighted by molar-refractivity contribution is -0.144. The topological polar surface area (TPSA) is 78.3 Å². The summed E-state index contributed by atoms with van der Waals surface area (Å²) in [7, 11) is 0. The molecular weight excluding hydrogens is 228 g/mol. The number of esters is 1. The molecule has 1 aromatic carbocycles. The Kier molecular flexibility index (Phi) is 6.53. The number of anilines is 1. The fourth-order valence-electron chi connectivity index (χ4n) is 1.24. The van der Waals surface area contributed by atoms with Crippen molar-refractivity contribution in [3.63, 3.8) is 0 Å². The molecule has 1 unspecified atom stereocenters. The van der Waals surface area contributed by atoms with E-state index in [-0.39, 0.29) is 18.4 Å². The average molecular weight is 245 g/mol. The second kappa shape index (κ2) is 7.09. The second-order valence-corrected chi connectivity index (χ2v) is 3.30. The Morgan fingerprint density at radius 3 is 2.44 bits per heavy atom. The molecule has 16 heavy (non-hydrogen) atoms. The zero-order chi connectivity index (χ0) is 11.3. The van der Waals surface area contributed by atoms with Crippen molar-refractivity contribution in [3.05, 3.63) is 29.8 Å². The number of carbonyl (C=O) groups excluding carboxylic acids is 1. The molecule has 4 N–H and O–H groups in total. The van der Waals surface area contributed by atoms with Crippen LogP contribution < -0.4 is 11.5 Å². The number of rotatable bonds is 4. The molecule has 5 heteroatoms. The number of halogens is 1. The maximum atomic E-state index is 11.2. The summed E-state index contributed by atoms with van der Waals surface area (Å²) in [6.45, 7) is 2.11. The highest BCUT2D eigenvalue weighted by Crippen LogP contribution is 2.07. The van der Waals surface area contributed by atoms with Gasteiger partial charge in [0.1, 0.15) is 6.04 Å². The minimum absolute atomic E-state index is 0. The van der Waals surface area contributed by atoms with E-state index in [1.807, 2.05) is 12.1 Å². The smallest absolute Gasteiger partial charge is 0.323 e. The molecular formula is C11H17ClN2O2. The van der Waals surface area contributed by atoms with Gasteiger partial charge in [0, 0.05) is 5.69 Å². The lowest BCUT2D eigenvalue weighted by atomic mass is 10.1. The van der Waals surface area contributed by atoms with Crippen LogP contribution in [0.25, 0.3) is 0 Å². The molecule has 0 aromatic heterocycles. The van der Waals surface area contributed by atoms with Gasteiger partial charge >= 0.3 is 5.97 Å². The summed E-state index contributed by atoms with van der Waals surface area (Å²) in [6.07, 6.45) is 0.471. The summed E-state index contributed by atoms with van der Waals surface area (Å²) in [5, 5.41) is 0. The lowest BCUT2D eigenvalue weighted by Crippen LogP contribution is -2.34. The van der Waals surface area contributed by atoms with Gasteiger partial charge in [-0.2, -0.15) is 0 Å². The minimum atomic E-state index is -0.603. The molecule has 4 nitrogen and oxygen atoms in total. The third-order valence-electron chi connectivity index (χ3n) is 2.02. The van der Waals surface area contributed by atoms with Crippen molar-refractivity contribution in [2.24, 2.45) is 5.73 Å². The van der Waals surface area contributed by atoms with Gasteiger partial charge in [-0.3, -0.25) is 4.79 Å². The van der Waals surface area contributed by atoms with Gasteiger partial charge < -0.3 is 16.2 Å². The normalized spacial score (nSPS) is 11.4. The molecule has 0 radical (unpaired) electrons. The van der Waals surface area contributed by atoms with Crippen LogP contribution in [0, 0.1) is 0 Å². The molecule has 0 saturated heterocycles. The molecule has 0 saturated carbocycles. The monoisotopic (exact) mass is 244 g/mol. The molecule has 0 heterocycles. The summed E-state index contributed by atoms with van der Waals surface area (Å²) < 4.78 is 4.81. The molecule has 0 amide bonds. The Morgan fingerprint density at radius 2 is 1.94 bits per heavy atom. The number of nitrogen functional groups attached to an aromatic ring is 1. The lowest BCUT2D eigenvalue weighted by Gasteiger charge is -2.10. The molecule has 0 aliphatic carbocycles. The van der Waals surface area contributed by atoms with Gasteiger partial charge in [0.15, 0.2) is 0 Å². The highest BCUT2D eigenvalue weighted by Gasteiger charge is 2.14. The predicted molar refractivity (Wildman–Crippen MR) is 66.4 cm³/mol. The standard InChI is InChI=1S/C11H16N2O2.ClH/c1-2-15-11(14)10(13)7-8-3-5-9(12)6-4-8;/h3-6,10H,2,7,12-13H2,1H3;1H. The van der Waals surface area contributed by atoms with Crippen LogP contribution in [-0.2, 0) is 16.0 Å². The summed E-state index contributed by atoms with van der Waals surface area (Å²) >= 11 is 0. The van der Waals surface area contributed by atoms with Crippen LogP contribution in [0.2, 0.25) is 0 Å². The van der Waals surface area contributed by atoms with Crippen molar-refractivity contribution < 1.29 is 9.53 Å². The van der Waals surface area contributed by atoms with E-state index in [0.717, 1.165) is 5.56 Å². The van der Waals surface area contributed by atoms with E-state index in [0.29, 0.717) is 18.7 Å². The van der Waals surface area contributed by atoms with E-state index in [2.05, 4.69) is 0 Å². The van der Waals surface area contributed by atoms with Crippen LogP contribution in [-0.4, -0.2) is 18.6 Å². The van der Waals surface area contributed by atoms with Gasteiger partial charge in [-0.15, -0.1) is 12.4 Å². The van der Waals surface area contributed by atoms with Gasteiger partial charge in [-0.05, 0) is 31.0 Å². The quantitative estimate of drug-likeness (QED) is 0.615. The maximum absolute atomic E-state index is 11.2. The first kappa shape index (κ1) is 14.7. The van der Waals surface area contributed by atoms with E-state index in [1.165, 1.54) is 0 Å². The van der Waals surface area contributed by atoms with Crippen LogP contribution in [0.4, 0.5) is 5.69 Å². The Labute approximate surface area is 101 Å². The predicted octanol–water partition coefficient (Wildman–Crippen LogP) is 1.12. The van der Waals surface area contributed by atoms with E-state index < -0.39 is 6.04 Å². The van der Waals surface area contributed by atoms with Gasteiger partial charge in [0.25, 0.3) is 0 Å². The van der Waals surface area contributed by atoms with Gasteiger partial charge in [0.05, 0.1) is 6.61 Å². The average Bonchev–Trinajstić information content (AvgIpc) is 2.22. The van der Waals surface area contributed by atoms with Crippen molar-refractivity contribution in [2.45, 2.75) is 19.4 Å². The number of ether oxygens (including phenoxy) is 1. The number of benzene rings is 1. The Hall–Kier alpha value is -1.26. The van der Waals surface area contributed by atoms with Crippen molar-refractivity contribution in [1.29, 1.82) is 0 Å². The Balaban J connectivity index is 0.00000225. The fourth-order valence-corrected chi connectivity index (χ4v) is 1.24.